The molecular formula is C25H30N2O4S2. The fraction of sp³-hybridized carbons (Fsp3) is 0.400. The Morgan fingerprint density at radius 2 is 2.06 bits per heavy atom. The number of nitrogens with one attached hydrogen (secondary N) is 1. The number of rotatable bonds is 9. The van der Waals surface area contributed by atoms with Crippen LogP contribution in [0.5, 0.6) is 5.75 Å². The van der Waals surface area contributed by atoms with E-state index in [-0.39, 0.29) is 24.5 Å². The SMILES string of the molecule is COCCS(=O)(=O)N[C@H]1CCc2c(-c3cnc(-c4ccc(OC(C)C)c(C)c4)s3)cccc21. The van der Waals surface area contributed by atoms with Gasteiger partial charge in [-0.25, -0.2) is 18.1 Å². The van der Waals surface area contributed by atoms with Gasteiger partial charge in [-0.3, -0.25) is 0 Å². The van der Waals surface area contributed by atoms with Crippen LogP contribution in [0.25, 0.3) is 21.0 Å². The van der Waals surface area contributed by atoms with E-state index >= 15 is 0 Å². The average Bonchev–Trinajstić information content (AvgIpc) is 3.41. The van der Waals surface area contributed by atoms with E-state index in [0.29, 0.717) is 0 Å². The van der Waals surface area contributed by atoms with Crippen LogP contribution >= 0.6 is 11.3 Å². The van der Waals surface area contributed by atoms with Crippen molar-refractivity contribution >= 4 is 21.4 Å². The second kappa shape index (κ2) is 9.93. The lowest BCUT2D eigenvalue weighted by Gasteiger charge is -2.15. The van der Waals surface area contributed by atoms with Crippen molar-refractivity contribution < 1.29 is 17.9 Å². The van der Waals surface area contributed by atoms with Gasteiger partial charge >= 0.3 is 0 Å². The number of aryl methyl sites for hydroxylation is 1. The second-order valence-corrected chi connectivity index (χ2v) is 11.5. The number of hydrogen-bond donors (Lipinski definition) is 1. The first-order valence-electron chi connectivity index (χ1n) is 11.1. The van der Waals surface area contributed by atoms with E-state index in [2.05, 4.69) is 21.8 Å². The fourth-order valence-electron chi connectivity index (χ4n) is 4.18. The van der Waals surface area contributed by atoms with E-state index < -0.39 is 10.0 Å². The summed E-state index contributed by atoms with van der Waals surface area (Å²) in [7, 11) is -1.88. The van der Waals surface area contributed by atoms with E-state index in [0.717, 1.165) is 50.7 Å². The fourth-order valence-corrected chi connectivity index (χ4v) is 6.32. The summed E-state index contributed by atoms with van der Waals surface area (Å²) in [6.45, 7) is 6.28. The second-order valence-electron chi connectivity index (χ2n) is 8.57. The van der Waals surface area contributed by atoms with Crippen molar-refractivity contribution in [3.8, 4) is 26.8 Å². The van der Waals surface area contributed by atoms with Gasteiger partial charge in [0.1, 0.15) is 10.8 Å². The number of fused-ring (bicyclic) bond motifs is 1. The average molecular weight is 487 g/mol. The van der Waals surface area contributed by atoms with Crippen LogP contribution in [-0.2, 0) is 21.2 Å². The molecule has 4 rings (SSSR count). The highest BCUT2D eigenvalue weighted by molar-refractivity contribution is 7.89. The highest BCUT2D eigenvalue weighted by Crippen LogP contribution is 2.41. The third kappa shape index (κ3) is 5.46. The summed E-state index contributed by atoms with van der Waals surface area (Å²) < 4.78 is 38.4. The van der Waals surface area contributed by atoms with Crippen molar-refractivity contribution in [3.05, 3.63) is 59.3 Å². The number of methoxy groups -OCH3 is 1. The van der Waals surface area contributed by atoms with Crippen molar-refractivity contribution in [1.82, 2.24) is 9.71 Å². The number of benzene rings is 2. The molecule has 0 amide bonds. The maximum Gasteiger partial charge on any atom is 0.214 e. The lowest BCUT2D eigenvalue weighted by Crippen LogP contribution is -2.31. The number of ether oxygens (including phenoxy) is 2. The quantitative estimate of drug-likeness (QED) is 0.454. The van der Waals surface area contributed by atoms with Crippen molar-refractivity contribution in [2.45, 2.75) is 45.8 Å². The summed E-state index contributed by atoms with van der Waals surface area (Å²) in [5, 5.41) is 0.955. The van der Waals surface area contributed by atoms with Gasteiger partial charge in [0.2, 0.25) is 10.0 Å². The predicted octanol–water partition coefficient (Wildman–Crippen LogP) is 5.13. The van der Waals surface area contributed by atoms with Gasteiger partial charge in [-0.05, 0) is 74.1 Å². The molecule has 1 aliphatic carbocycles. The molecule has 0 aliphatic heterocycles. The van der Waals surface area contributed by atoms with E-state index in [4.69, 9.17) is 9.47 Å². The molecular weight excluding hydrogens is 456 g/mol. The van der Waals surface area contributed by atoms with E-state index in [1.54, 1.807) is 11.3 Å². The number of hydrogen-bond acceptors (Lipinski definition) is 6. The largest absolute Gasteiger partial charge is 0.491 e. The van der Waals surface area contributed by atoms with Crippen LogP contribution in [0, 0.1) is 6.92 Å². The minimum atomic E-state index is -3.39. The molecule has 1 heterocycles. The predicted molar refractivity (Wildman–Crippen MR) is 133 cm³/mol. The topological polar surface area (TPSA) is 77.5 Å². The molecule has 3 aromatic rings. The van der Waals surface area contributed by atoms with Crippen molar-refractivity contribution in [2.75, 3.05) is 19.5 Å². The number of thiazole rings is 1. The molecule has 0 bridgehead atoms. The molecule has 8 heteroatoms. The third-order valence-corrected chi connectivity index (χ3v) is 8.13. The molecule has 0 spiro atoms. The first kappa shape index (κ1) is 23.9. The molecule has 1 atom stereocenters. The van der Waals surface area contributed by atoms with Gasteiger partial charge in [-0.15, -0.1) is 11.3 Å². The van der Waals surface area contributed by atoms with Gasteiger partial charge in [0.15, 0.2) is 0 Å². The van der Waals surface area contributed by atoms with Crippen LogP contribution < -0.4 is 9.46 Å². The van der Waals surface area contributed by atoms with Crippen LogP contribution in [0.4, 0.5) is 0 Å². The molecule has 0 unspecified atom stereocenters. The zero-order valence-corrected chi connectivity index (χ0v) is 21.1. The minimum Gasteiger partial charge on any atom is -0.491 e. The Morgan fingerprint density at radius 1 is 1.24 bits per heavy atom. The highest BCUT2D eigenvalue weighted by atomic mass is 32.2. The van der Waals surface area contributed by atoms with Crippen molar-refractivity contribution in [2.24, 2.45) is 0 Å². The van der Waals surface area contributed by atoms with Crippen LogP contribution in [0.3, 0.4) is 0 Å². The van der Waals surface area contributed by atoms with Gasteiger partial charge in [-0.1, -0.05) is 18.2 Å². The van der Waals surface area contributed by atoms with E-state index in [1.807, 2.05) is 51.2 Å². The summed E-state index contributed by atoms with van der Waals surface area (Å²) in [5.74, 6) is 0.860. The maximum absolute atomic E-state index is 12.4. The molecule has 1 N–H and O–H groups in total. The standard InChI is InChI=1S/C25H30N2O4S2/c1-16(2)31-23-11-8-18(14-17(23)3)25-26-15-24(32-25)21-7-5-6-20-19(21)9-10-22(20)27-33(28,29)13-12-30-4/h5-8,11,14-16,22,27H,9-10,12-13H2,1-4H3/t22-/m0/s1. The summed E-state index contributed by atoms with van der Waals surface area (Å²) in [6, 6.07) is 12.1. The zero-order valence-electron chi connectivity index (χ0n) is 19.4. The van der Waals surface area contributed by atoms with E-state index in [9.17, 15) is 8.42 Å². The molecule has 2 aromatic carbocycles. The summed E-state index contributed by atoms with van der Waals surface area (Å²) in [6.07, 6.45) is 3.63. The zero-order chi connectivity index (χ0) is 23.6. The Balaban J connectivity index is 1.58. The monoisotopic (exact) mass is 486 g/mol. The van der Waals surface area contributed by atoms with Crippen LogP contribution in [-0.4, -0.2) is 39.0 Å². The van der Waals surface area contributed by atoms with E-state index in [1.165, 1.54) is 12.7 Å². The molecule has 176 valence electrons. The molecule has 0 fully saturated rings. The van der Waals surface area contributed by atoms with Gasteiger partial charge in [0.05, 0.1) is 23.3 Å². The first-order chi connectivity index (χ1) is 15.8. The summed E-state index contributed by atoms with van der Waals surface area (Å²) in [5.41, 5.74) is 5.53. The Hall–Kier alpha value is -2.26. The molecule has 33 heavy (non-hydrogen) atoms. The van der Waals surface area contributed by atoms with Crippen LogP contribution in [0.15, 0.2) is 42.6 Å². The Labute approximate surface area is 200 Å². The number of aromatic nitrogens is 1. The highest BCUT2D eigenvalue weighted by Gasteiger charge is 2.28. The maximum atomic E-state index is 12.4. The molecule has 0 saturated carbocycles. The van der Waals surface area contributed by atoms with Gasteiger partial charge in [0.25, 0.3) is 0 Å². The Bertz CT molecular complexity index is 1230. The van der Waals surface area contributed by atoms with Gasteiger partial charge in [-0.2, -0.15) is 0 Å². The first-order valence-corrected chi connectivity index (χ1v) is 13.6. The smallest absolute Gasteiger partial charge is 0.214 e. The Morgan fingerprint density at radius 3 is 2.79 bits per heavy atom. The number of sulfonamides is 1. The van der Waals surface area contributed by atoms with Crippen molar-refractivity contribution in [1.29, 1.82) is 0 Å². The number of nitrogens with zero attached hydrogens (tertiary/aromatic N) is 1. The summed E-state index contributed by atoms with van der Waals surface area (Å²) >= 11 is 1.65. The lowest BCUT2D eigenvalue weighted by molar-refractivity contribution is 0.216. The molecule has 1 aliphatic rings. The molecule has 0 saturated heterocycles. The molecule has 1 aromatic heterocycles. The minimum absolute atomic E-state index is 0.0341. The lowest BCUT2D eigenvalue weighted by atomic mass is 10.0. The van der Waals surface area contributed by atoms with Crippen LogP contribution in [0.2, 0.25) is 0 Å². The normalized spacial score (nSPS) is 15.7. The van der Waals surface area contributed by atoms with Crippen LogP contribution in [0.1, 0.15) is 43.0 Å². The summed E-state index contributed by atoms with van der Waals surface area (Å²) in [4.78, 5) is 5.77. The Kier molecular flexibility index (Phi) is 7.19. The molecule has 6 nitrogen and oxygen atoms in total. The molecule has 0 radical (unpaired) electrons. The van der Waals surface area contributed by atoms with Gasteiger partial charge < -0.3 is 9.47 Å². The third-order valence-electron chi connectivity index (χ3n) is 5.70. The van der Waals surface area contributed by atoms with Gasteiger partial charge in [0, 0.05) is 24.9 Å². The van der Waals surface area contributed by atoms with Crippen molar-refractivity contribution in [3.63, 3.8) is 0 Å².